The lowest BCUT2D eigenvalue weighted by Gasteiger charge is -2.10. The minimum Gasteiger partial charge on any atom is -0.307 e. The van der Waals surface area contributed by atoms with Crippen molar-refractivity contribution < 1.29 is 8.42 Å². The maximum atomic E-state index is 12.0. The Morgan fingerprint density at radius 1 is 1.00 bits per heavy atom. The Bertz CT molecular complexity index is 669. The van der Waals surface area contributed by atoms with Crippen molar-refractivity contribution in [1.82, 2.24) is 4.83 Å². The number of rotatable bonds is 4. The number of hydrogen-bond acceptors (Lipinski definition) is 3. The van der Waals surface area contributed by atoms with E-state index in [1.54, 1.807) is 30.3 Å². The van der Waals surface area contributed by atoms with E-state index in [0.717, 1.165) is 10.0 Å². The van der Waals surface area contributed by atoms with Gasteiger partial charge in [0.1, 0.15) is 0 Å². The van der Waals surface area contributed by atoms with Crippen LogP contribution in [0.4, 0.5) is 5.69 Å². The van der Waals surface area contributed by atoms with Gasteiger partial charge in [0, 0.05) is 4.47 Å². The number of sulfonamides is 1. The number of hydrazine groups is 1. The van der Waals surface area contributed by atoms with Gasteiger partial charge in [-0.05, 0) is 47.1 Å². The Balaban J connectivity index is 2.14. The van der Waals surface area contributed by atoms with Crippen LogP contribution in [0.25, 0.3) is 0 Å². The molecule has 0 saturated heterocycles. The van der Waals surface area contributed by atoms with Crippen LogP contribution < -0.4 is 10.3 Å². The Labute approximate surface area is 121 Å². The van der Waals surface area contributed by atoms with Crippen molar-refractivity contribution in [1.29, 1.82) is 0 Å². The molecule has 0 aliphatic carbocycles. The van der Waals surface area contributed by atoms with Crippen LogP contribution in [0.5, 0.6) is 0 Å². The predicted octanol–water partition coefficient (Wildman–Crippen LogP) is 3.06. The Kier molecular flexibility index (Phi) is 4.24. The summed E-state index contributed by atoms with van der Waals surface area (Å²) in [6.07, 6.45) is 0. The molecule has 0 heterocycles. The Morgan fingerprint density at radius 2 is 1.63 bits per heavy atom. The zero-order chi connectivity index (χ0) is 13.9. The van der Waals surface area contributed by atoms with E-state index in [1.807, 2.05) is 25.1 Å². The fourth-order valence-corrected chi connectivity index (χ4v) is 2.70. The van der Waals surface area contributed by atoms with Crippen LogP contribution in [0.15, 0.2) is 57.9 Å². The monoisotopic (exact) mass is 340 g/mol. The van der Waals surface area contributed by atoms with Crippen LogP contribution in [0.1, 0.15) is 5.56 Å². The van der Waals surface area contributed by atoms with Crippen LogP contribution in [0, 0.1) is 6.92 Å². The van der Waals surface area contributed by atoms with Crippen molar-refractivity contribution in [2.75, 3.05) is 5.43 Å². The highest BCUT2D eigenvalue weighted by molar-refractivity contribution is 9.10. The lowest BCUT2D eigenvalue weighted by Crippen LogP contribution is -2.29. The molecule has 0 unspecified atom stereocenters. The standard InChI is InChI=1S/C13H13BrN2O2S/c1-10-6-8-11(9-7-10)19(17,18)16-15-13-5-3-2-4-12(13)14/h2-9,15-16H,1H3. The van der Waals surface area contributed by atoms with Gasteiger partial charge in [-0.3, -0.25) is 0 Å². The van der Waals surface area contributed by atoms with Crippen molar-refractivity contribution in [2.24, 2.45) is 0 Å². The summed E-state index contributed by atoms with van der Waals surface area (Å²) in [6, 6.07) is 13.9. The second-order valence-corrected chi connectivity index (χ2v) is 6.56. The van der Waals surface area contributed by atoms with Crippen molar-refractivity contribution in [3.63, 3.8) is 0 Å². The highest BCUT2D eigenvalue weighted by atomic mass is 79.9. The number of hydrogen-bond donors (Lipinski definition) is 2. The zero-order valence-electron chi connectivity index (χ0n) is 10.2. The molecule has 6 heteroatoms. The highest BCUT2D eigenvalue weighted by Crippen LogP contribution is 2.20. The summed E-state index contributed by atoms with van der Waals surface area (Å²) in [7, 11) is -3.57. The number of benzene rings is 2. The summed E-state index contributed by atoms with van der Waals surface area (Å²) < 4.78 is 24.9. The summed E-state index contributed by atoms with van der Waals surface area (Å²) >= 11 is 3.33. The molecule has 0 aromatic heterocycles. The van der Waals surface area contributed by atoms with Gasteiger partial charge in [0.25, 0.3) is 10.0 Å². The molecule has 2 aromatic carbocycles. The number of para-hydroxylation sites is 1. The van der Waals surface area contributed by atoms with Crippen molar-refractivity contribution in [3.05, 3.63) is 58.6 Å². The molecular formula is C13H13BrN2O2S. The minimum atomic E-state index is -3.57. The molecule has 100 valence electrons. The van der Waals surface area contributed by atoms with Gasteiger partial charge in [-0.1, -0.05) is 29.8 Å². The van der Waals surface area contributed by atoms with E-state index in [1.165, 1.54) is 0 Å². The molecular weight excluding hydrogens is 328 g/mol. The molecule has 0 amide bonds. The predicted molar refractivity (Wildman–Crippen MR) is 79.3 cm³/mol. The third-order valence-corrected chi connectivity index (χ3v) is 4.48. The summed E-state index contributed by atoms with van der Waals surface area (Å²) in [6.45, 7) is 1.91. The first-order valence-electron chi connectivity index (χ1n) is 5.58. The van der Waals surface area contributed by atoms with Crippen molar-refractivity contribution in [3.8, 4) is 0 Å². The molecule has 2 rings (SSSR count). The van der Waals surface area contributed by atoms with Crippen LogP contribution in [-0.4, -0.2) is 8.42 Å². The van der Waals surface area contributed by atoms with Gasteiger partial charge in [-0.2, -0.15) is 0 Å². The number of anilines is 1. The molecule has 0 aliphatic heterocycles. The van der Waals surface area contributed by atoms with Crippen molar-refractivity contribution >= 4 is 31.6 Å². The normalized spacial score (nSPS) is 11.3. The van der Waals surface area contributed by atoms with Gasteiger partial charge in [0.2, 0.25) is 0 Å². The van der Waals surface area contributed by atoms with Gasteiger partial charge in [0.15, 0.2) is 0 Å². The largest absolute Gasteiger partial charge is 0.307 e. The molecule has 0 aliphatic rings. The van der Waals surface area contributed by atoms with E-state index in [0.29, 0.717) is 5.69 Å². The second kappa shape index (κ2) is 5.73. The molecule has 0 spiro atoms. The average molecular weight is 341 g/mol. The zero-order valence-corrected chi connectivity index (χ0v) is 12.6. The Hall–Kier alpha value is -1.37. The molecule has 0 saturated carbocycles. The SMILES string of the molecule is Cc1ccc(S(=O)(=O)NNc2ccccc2Br)cc1. The minimum absolute atomic E-state index is 0.220. The molecule has 0 bridgehead atoms. The van der Waals surface area contributed by atoms with Crippen LogP contribution in [-0.2, 0) is 10.0 Å². The first-order valence-corrected chi connectivity index (χ1v) is 7.86. The fourth-order valence-electron chi connectivity index (χ4n) is 1.46. The molecule has 0 atom stereocenters. The van der Waals surface area contributed by atoms with Gasteiger partial charge < -0.3 is 5.43 Å². The number of nitrogens with one attached hydrogen (secondary N) is 2. The fraction of sp³-hybridized carbons (Fsp3) is 0.0769. The van der Waals surface area contributed by atoms with Crippen LogP contribution in [0.2, 0.25) is 0 Å². The molecule has 2 N–H and O–H groups in total. The van der Waals surface area contributed by atoms with Crippen LogP contribution >= 0.6 is 15.9 Å². The molecule has 19 heavy (non-hydrogen) atoms. The smallest absolute Gasteiger partial charge is 0.257 e. The maximum Gasteiger partial charge on any atom is 0.257 e. The lowest BCUT2D eigenvalue weighted by molar-refractivity contribution is 0.587. The third-order valence-electron chi connectivity index (χ3n) is 2.53. The van der Waals surface area contributed by atoms with E-state index in [-0.39, 0.29) is 4.90 Å². The summed E-state index contributed by atoms with van der Waals surface area (Å²) in [5.41, 5.74) is 4.34. The van der Waals surface area contributed by atoms with E-state index >= 15 is 0 Å². The molecule has 0 radical (unpaired) electrons. The second-order valence-electron chi connectivity index (χ2n) is 4.02. The van der Waals surface area contributed by atoms with Gasteiger partial charge >= 0.3 is 0 Å². The molecule has 2 aromatic rings. The lowest BCUT2D eigenvalue weighted by atomic mass is 10.2. The van der Waals surface area contributed by atoms with Gasteiger partial charge in [0.05, 0.1) is 10.6 Å². The number of aryl methyl sites for hydroxylation is 1. The van der Waals surface area contributed by atoms with E-state index < -0.39 is 10.0 Å². The topological polar surface area (TPSA) is 58.2 Å². The van der Waals surface area contributed by atoms with Crippen LogP contribution in [0.3, 0.4) is 0 Å². The molecule has 4 nitrogen and oxygen atoms in total. The van der Waals surface area contributed by atoms with Gasteiger partial charge in [-0.15, -0.1) is 4.83 Å². The maximum absolute atomic E-state index is 12.0. The first-order chi connectivity index (χ1) is 8.99. The van der Waals surface area contributed by atoms with Crippen molar-refractivity contribution in [2.45, 2.75) is 11.8 Å². The quantitative estimate of drug-likeness (QED) is 0.841. The van der Waals surface area contributed by atoms with E-state index in [4.69, 9.17) is 0 Å². The summed E-state index contributed by atoms with van der Waals surface area (Å²) in [5.74, 6) is 0. The van der Waals surface area contributed by atoms with Gasteiger partial charge in [-0.25, -0.2) is 8.42 Å². The van der Waals surface area contributed by atoms with E-state index in [9.17, 15) is 8.42 Å². The highest BCUT2D eigenvalue weighted by Gasteiger charge is 2.13. The third kappa shape index (κ3) is 3.56. The Morgan fingerprint density at radius 3 is 2.26 bits per heavy atom. The summed E-state index contributed by atoms with van der Waals surface area (Å²) in [5, 5.41) is 0. The molecule has 0 fully saturated rings. The van der Waals surface area contributed by atoms with E-state index in [2.05, 4.69) is 26.2 Å². The average Bonchev–Trinajstić information content (AvgIpc) is 2.38. The first kappa shape index (κ1) is 14.0. The summed E-state index contributed by atoms with van der Waals surface area (Å²) in [4.78, 5) is 2.56. The number of halogens is 1.